The van der Waals surface area contributed by atoms with E-state index in [0.717, 1.165) is 17.8 Å². The highest BCUT2D eigenvalue weighted by Crippen LogP contribution is 2.19. The summed E-state index contributed by atoms with van der Waals surface area (Å²) in [5, 5.41) is 13.2. The van der Waals surface area contributed by atoms with Gasteiger partial charge >= 0.3 is 0 Å². The number of pyridine rings is 2. The quantitative estimate of drug-likeness (QED) is 0.531. The van der Waals surface area contributed by atoms with Gasteiger partial charge in [-0.25, -0.2) is 4.98 Å². The first-order chi connectivity index (χ1) is 9.99. The van der Waals surface area contributed by atoms with Crippen LogP contribution in [0.4, 0.5) is 5.69 Å². The van der Waals surface area contributed by atoms with Gasteiger partial charge in [0.1, 0.15) is 11.3 Å². The van der Waals surface area contributed by atoms with Crippen LogP contribution in [0.15, 0.2) is 30.6 Å². The average Bonchev–Trinajstić information content (AvgIpc) is 2.46. The minimum absolute atomic E-state index is 0.0422. The van der Waals surface area contributed by atoms with Crippen LogP contribution in [0.2, 0.25) is 5.15 Å². The Morgan fingerprint density at radius 1 is 1.48 bits per heavy atom. The van der Waals surface area contributed by atoms with E-state index in [1.165, 1.54) is 0 Å². The van der Waals surface area contributed by atoms with Crippen molar-refractivity contribution in [2.45, 2.75) is 13.5 Å². The Bertz CT molecular complexity index is 706. The van der Waals surface area contributed by atoms with E-state index in [2.05, 4.69) is 15.3 Å². The van der Waals surface area contributed by atoms with Crippen LogP contribution in [0.3, 0.4) is 0 Å². The van der Waals surface area contributed by atoms with E-state index in [1.807, 2.05) is 13.0 Å². The summed E-state index contributed by atoms with van der Waals surface area (Å²) < 4.78 is 0. The predicted molar refractivity (Wildman–Crippen MR) is 76.0 cm³/mol. The fraction of sp³-hybridized carbons (Fsp3) is 0.154. The maximum Gasteiger partial charge on any atom is 0.288 e. The Kier molecular flexibility index (Phi) is 4.44. The van der Waals surface area contributed by atoms with Gasteiger partial charge in [-0.15, -0.1) is 0 Å². The molecule has 0 radical (unpaired) electrons. The monoisotopic (exact) mass is 306 g/mol. The van der Waals surface area contributed by atoms with Crippen molar-refractivity contribution < 1.29 is 9.72 Å². The Labute approximate surface area is 125 Å². The zero-order valence-electron chi connectivity index (χ0n) is 11.0. The van der Waals surface area contributed by atoms with E-state index >= 15 is 0 Å². The molecule has 0 aliphatic heterocycles. The van der Waals surface area contributed by atoms with E-state index in [4.69, 9.17) is 11.6 Å². The van der Waals surface area contributed by atoms with Crippen molar-refractivity contribution in [3.63, 3.8) is 0 Å². The van der Waals surface area contributed by atoms with Crippen molar-refractivity contribution in [2.24, 2.45) is 0 Å². The van der Waals surface area contributed by atoms with Gasteiger partial charge in [0.2, 0.25) is 0 Å². The fourth-order valence-corrected chi connectivity index (χ4v) is 1.85. The summed E-state index contributed by atoms with van der Waals surface area (Å²) in [7, 11) is 0. The van der Waals surface area contributed by atoms with Crippen LogP contribution in [0.5, 0.6) is 0 Å². The minimum Gasteiger partial charge on any atom is -0.346 e. The van der Waals surface area contributed by atoms with Crippen LogP contribution < -0.4 is 5.32 Å². The topological polar surface area (TPSA) is 98.0 Å². The van der Waals surface area contributed by atoms with E-state index in [-0.39, 0.29) is 22.9 Å². The number of aromatic nitrogens is 2. The Morgan fingerprint density at radius 2 is 2.24 bits per heavy atom. The Hall–Kier alpha value is -2.54. The zero-order valence-corrected chi connectivity index (χ0v) is 11.8. The second kappa shape index (κ2) is 6.27. The number of amides is 1. The van der Waals surface area contributed by atoms with Crippen LogP contribution in [-0.4, -0.2) is 20.8 Å². The first-order valence-corrected chi connectivity index (χ1v) is 6.35. The average molecular weight is 307 g/mol. The molecule has 1 N–H and O–H groups in total. The molecule has 0 aliphatic rings. The summed E-state index contributed by atoms with van der Waals surface area (Å²) in [4.78, 5) is 29.9. The molecule has 1 amide bonds. The summed E-state index contributed by atoms with van der Waals surface area (Å²) >= 11 is 5.80. The van der Waals surface area contributed by atoms with E-state index < -0.39 is 10.8 Å². The van der Waals surface area contributed by atoms with Crippen molar-refractivity contribution in [1.82, 2.24) is 15.3 Å². The number of hydrogen-bond donors (Lipinski definition) is 1. The number of aryl methyl sites for hydroxylation is 1. The molecule has 2 aromatic heterocycles. The van der Waals surface area contributed by atoms with Crippen LogP contribution in [0.25, 0.3) is 0 Å². The van der Waals surface area contributed by atoms with Crippen molar-refractivity contribution in [3.8, 4) is 0 Å². The van der Waals surface area contributed by atoms with Gasteiger partial charge in [0.15, 0.2) is 0 Å². The highest BCUT2D eigenvalue weighted by Gasteiger charge is 2.17. The van der Waals surface area contributed by atoms with Crippen LogP contribution in [0, 0.1) is 17.0 Å². The lowest BCUT2D eigenvalue weighted by atomic mass is 10.2. The lowest BCUT2D eigenvalue weighted by Crippen LogP contribution is -2.24. The van der Waals surface area contributed by atoms with Crippen LogP contribution in [-0.2, 0) is 6.54 Å². The highest BCUT2D eigenvalue weighted by molar-refractivity contribution is 6.32. The fourth-order valence-electron chi connectivity index (χ4n) is 1.66. The van der Waals surface area contributed by atoms with Crippen molar-refractivity contribution >= 4 is 23.2 Å². The summed E-state index contributed by atoms with van der Waals surface area (Å²) in [6.45, 7) is 2.07. The number of nitrogens with one attached hydrogen (secondary N) is 1. The third-order valence-corrected chi connectivity index (χ3v) is 3.12. The van der Waals surface area contributed by atoms with Gasteiger partial charge in [0.05, 0.1) is 22.7 Å². The lowest BCUT2D eigenvalue weighted by molar-refractivity contribution is -0.385. The first kappa shape index (κ1) is 14.9. The van der Waals surface area contributed by atoms with E-state index in [9.17, 15) is 14.9 Å². The van der Waals surface area contributed by atoms with Crippen LogP contribution >= 0.6 is 11.6 Å². The molecule has 0 saturated heterocycles. The molecule has 0 fully saturated rings. The molecule has 0 bridgehead atoms. The van der Waals surface area contributed by atoms with Crippen molar-refractivity contribution in [2.75, 3.05) is 0 Å². The molecule has 2 heterocycles. The molecular weight excluding hydrogens is 296 g/mol. The van der Waals surface area contributed by atoms with Gasteiger partial charge in [-0.3, -0.25) is 19.9 Å². The SMILES string of the molecule is Cc1cccnc1CNC(=O)c1cc([N+](=O)[O-])cnc1Cl. The van der Waals surface area contributed by atoms with Crippen molar-refractivity contribution in [1.29, 1.82) is 0 Å². The number of hydrogen-bond acceptors (Lipinski definition) is 5. The van der Waals surface area contributed by atoms with Crippen LogP contribution in [0.1, 0.15) is 21.6 Å². The Morgan fingerprint density at radius 3 is 2.90 bits per heavy atom. The van der Waals surface area contributed by atoms with Gasteiger partial charge in [-0.1, -0.05) is 17.7 Å². The third-order valence-electron chi connectivity index (χ3n) is 2.81. The molecular formula is C13H11ClN4O3. The Balaban J connectivity index is 2.15. The van der Waals surface area contributed by atoms with Gasteiger partial charge in [-0.2, -0.15) is 0 Å². The predicted octanol–water partition coefficient (Wildman–Crippen LogP) is 2.28. The molecule has 0 spiro atoms. The number of nitro groups is 1. The van der Waals surface area contributed by atoms with Gasteiger partial charge in [0, 0.05) is 12.3 Å². The first-order valence-electron chi connectivity index (χ1n) is 5.97. The molecule has 108 valence electrons. The maximum atomic E-state index is 12.0. The largest absolute Gasteiger partial charge is 0.346 e. The molecule has 2 rings (SSSR count). The summed E-state index contributed by atoms with van der Waals surface area (Å²) in [5.74, 6) is -0.541. The normalized spacial score (nSPS) is 10.2. The molecule has 8 heteroatoms. The molecule has 0 unspecified atom stereocenters. The number of rotatable bonds is 4. The van der Waals surface area contributed by atoms with Gasteiger partial charge in [-0.05, 0) is 18.6 Å². The van der Waals surface area contributed by atoms with Crippen molar-refractivity contribution in [3.05, 3.63) is 62.7 Å². The zero-order chi connectivity index (χ0) is 15.4. The molecule has 0 saturated carbocycles. The molecule has 2 aromatic rings. The highest BCUT2D eigenvalue weighted by atomic mass is 35.5. The number of nitrogens with zero attached hydrogens (tertiary/aromatic N) is 3. The van der Waals surface area contributed by atoms with E-state index in [0.29, 0.717) is 5.69 Å². The maximum absolute atomic E-state index is 12.0. The van der Waals surface area contributed by atoms with E-state index in [1.54, 1.807) is 12.3 Å². The third kappa shape index (κ3) is 3.51. The van der Waals surface area contributed by atoms with Gasteiger partial charge in [0.25, 0.3) is 11.6 Å². The molecule has 7 nitrogen and oxygen atoms in total. The summed E-state index contributed by atoms with van der Waals surface area (Å²) in [5.41, 5.74) is 1.31. The standard InChI is InChI=1S/C13H11ClN4O3/c1-8-3-2-4-15-11(8)7-17-13(19)10-5-9(18(20)21)6-16-12(10)14/h2-6H,7H2,1H3,(H,17,19). The second-order valence-corrected chi connectivity index (χ2v) is 4.60. The smallest absolute Gasteiger partial charge is 0.288 e. The lowest BCUT2D eigenvalue weighted by Gasteiger charge is -2.07. The number of halogens is 1. The summed E-state index contributed by atoms with van der Waals surface area (Å²) in [6.07, 6.45) is 2.62. The number of carbonyl (C=O) groups excluding carboxylic acids is 1. The molecule has 0 atom stereocenters. The number of carbonyl (C=O) groups is 1. The van der Waals surface area contributed by atoms with Gasteiger partial charge < -0.3 is 5.32 Å². The molecule has 0 aliphatic carbocycles. The molecule has 21 heavy (non-hydrogen) atoms. The molecule has 0 aromatic carbocycles. The summed E-state index contributed by atoms with van der Waals surface area (Å²) in [6, 6.07) is 4.76. The minimum atomic E-state index is -0.636. The second-order valence-electron chi connectivity index (χ2n) is 4.24.